The van der Waals surface area contributed by atoms with Crippen LogP contribution in [0, 0.1) is 17.8 Å². The van der Waals surface area contributed by atoms with Gasteiger partial charge in [-0.3, -0.25) is 0 Å². The zero-order valence-electron chi connectivity index (χ0n) is 12.1. The molecule has 0 aliphatic carbocycles. The lowest BCUT2D eigenvalue weighted by molar-refractivity contribution is 0.221. The van der Waals surface area contributed by atoms with Gasteiger partial charge in [0.2, 0.25) is 10.0 Å². The summed E-state index contributed by atoms with van der Waals surface area (Å²) in [6.07, 6.45) is 2.03. The van der Waals surface area contributed by atoms with Gasteiger partial charge in [-0.2, -0.15) is 0 Å². The number of sulfonamides is 1. The molecule has 1 heterocycles. The minimum atomic E-state index is -3.20. The van der Waals surface area contributed by atoms with Crippen LogP contribution in [0.15, 0.2) is 0 Å². The molecule has 1 fully saturated rings. The Kier molecular flexibility index (Phi) is 5.62. The zero-order chi connectivity index (χ0) is 13.9. The second-order valence-corrected chi connectivity index (χ2v) is 8.10. The average molecular weight is 276 g/mol. The monoisotopic (exact) mass is 276 g/mol. The number of nitrogens with zero attached hydrogens (tertiary/aromatic N) is 1. The van der Waals surface area contributed by atoms with E-state index >= 15 is 0 Å². The molecule has 18 heavy (non-hydrogen) atoms. The highest BCUT2D eigenvalue weighted by Crippen LogP contribution is 2.24. The molecule has 108 valence electrons. The first kappa shape index (κ1) is 15.9. The molecule has 0 spiro atoms. The summed E-state index contributed by atoms with van der Waals surface area (Å²) in [5.74, 6) is 1.23. The summed E-state index contributed by atoms with van der Waals surface area (Å²) < 4.78 is 26.4. The van der Waals surface area contributed by atoms with Crippen LogP contribution in [0.5, 0.6) is 0 Å². The molecular weight excluding hydrogens is 248 g/mol. The topological polar surface area (TPSA) is 63.4 Å². The molecule has 4 atom stereocenters. The summed E-state index contributed by atoms with van der Waals surface area (Å²) in [5.41, 5.74) is 5.98. The van der Waals surface area contributed by atoms with Gasteiger partial charge < -0.3 is 5.73 Å². The van der Waals surface area contributed by atoms with Gasteiger partial charge in [0.1, 0.15) is 0 Å². The van der Waals surface area contributed by atoms with Crippen LogP contribution in [-0.2, 0) is 10.0 Å². The minimum Gasteiger partial charge on any atom is -0.326 e. The Balaban J connectivity index is 2.68. The van der Waals surface area contributed by atoms with E-state index in [-0.39, 0.29) is 17.7 Å². The molecule has 0 bridgehead atoms. The van der Waals surface area contributed by atoms with Crippen molar-refractivity contribution in [1.29, 1.82) is 0 Å². The standard InChI is InChI=1S/C13H28N2O2S/c1-5-12(4)13(14)9-18(16,17)15-7-10(2)6-11(3)8-15/h10-13H,5-9,14H2,1-4H3. The molecule has 1 saturated heterocycles. The fourth-order valence-electron chi connectivity index (χ4n) is 2.65. The van der Waals surface area contributed by atoms with Crippen molar-refractivity contribution in [1.82, 2.24) is 4.31 Å². The summed E-state index contributed by atoms with van der Waals surface area (Å²) in [5, 5.41) is 0. The maximum absolute atomic E-state index is 12.4. The minimum absolute atomic E-state index is 0.0848. The van der Waals surface area contributed by atoms with E-state index in [1.165, 1.54) is 0 Å². The van der Waals surface area contributed by atoms with Crippen LogP contribution in [-0.4, -0.2) is 37.6 Å². The Morgan fingerprint density at radius 2 is 1.78 bits per heavy atom. The Hall–Kier alpha value is -0.130. The summed E-state index contributed by atoms with van der Waals surface area (Å²) in [4.78, 5) is 0. The molecule has 2 N–H and O–H groups in total. The van der Waals surface area contributed by atoms with Crippen LogP contribution in [0.25, 0.3) is 0 Å². The maximum atomic E-state index is 12.4. The van der Waals surface area contributed by atoms with E-state index in [0.717, 1.165) is 12.8 Å². The van der Waals surface area contributed by atoms with E-state index in [9.17, 15) is 8.42 Å². The van der Waals surface area contributed by atoms with Gasteiger partial charge in [-0.1, -0.05) is 34.1 Å². The third kappa shape index (κ3) is 4.21. The lowest BCUT2D eigenvalue weighted by Gasteiger charge is -2.35. The molecule has 0 saturated carbocycles. The van der Waals surface area contributed by atoms with Gasteiger partial charge in [0.15, 0.2) is 0 Å². The fraction of sp³-hybridized carbons (Fsp3) is 1.00. The maximum Gasteiger partial charge on any atom is 0.215 e. The van der Waals surface area contributed by atoms with Crippen LogP contribution >= 0.6 is 0 Å². The lowest BCUT2D eigenvalue weighted by Crippen LogP contribution is -2.47. The zero-order valence-corrected chi connectivity index (χ0v) is 12.9. The van der Waals surface area contributed by atoms with Crippen molar-refractivity contribution in [3.05, 3.63) is 0 Å². The van der Waals surface area contributed by atoms with E-state index in [0.29, 0.717) is 24.9 Å². The van der Waals surface area contributed by atoms with Crippen molar-refractivity contribution in [2.75, 3.05) is 18.8 Å². The first-order valence-corrected chi connectivity index (χ1v) is 8.60. The second kappa shape index (κ2) is 6.35. The van der Waals surface area contributed by atoms with Crippen molar-refractivity contribution in [2.45, 2.75) is 46.6 Å². The number of nitrogens with two attached hydrogens (primary N) is 1. The van der Waals surface area contributed by atoms with Gasteiger partial charge in [-0.25, -0.2) is 12.7 Å². The van der Waals surface area contributed by atoms with Crippen molar-refractivity contribution in [2.24, 2.45) is 23.5 Å². The van der Waals surface area contributed by atoms with Crippen molar-refractivity contribution in [3.63, 3.8) is 0 Å². The molecule has 1 aliphatic rings. The van der Waals surface area contributed by atoms with Crippen LogP contribution in [0.3, 0.4) is 0 Å². The number of rotatable bonds is 5. The molecule has 1 rings (SSSR count). The largest absolute Gasteiger partial charge is 0.326 e. The van der Waals surface area contributed by atoms with E-state index in [1.807, 2.05) is 13.8 Å². The van der Waals surface area contributed by atoms with Crippen LogP contribution < -0.4 is 5.73 Å². The summed E-state index contributed by atoms with van der Waals surface area (Å²) in [6.45, 7) is 9.60. The Labute approximate surface area is 112 Å². The molecule has 0 radical (unpaired) electrons. The molecule has 4 unspecified atom stereocenters. The van der Waals surface area contributed by atoms with Gasteiger partial charge in [0, 0.05) is 19.1 Å². The highest BCUT2D eigenvalue weighted by molar-refractivity contribution is 7.89. The van der Waals surface area contributed by atoms with E-state index < -0.39 is 10.0 Å². The van der Waals surface area contributed by atoms with E-state index in [1.54, 1.807) is 4.31 Å². The molecular formula is C13H28N2O2S. The van der Waals surface area contributed by atoms with E-state index in [2.05, 4.69) is 13.8 Å². The average Bonchev–Trinajstić information content (AvgIpc) is 2.26. The summed E-state index contributed by atoms with van der Waals surface area (Å²) in [7, 11) is -3.20. The first-order valence-electron chi connectivity index (χ1n) is 6.99. The Morgan fingerprint density at radius 1 is 1.28 bits per heavy atom. The Morgan fingerprint density at radius 3 is 2.22 bits per heavy atom. The SMILES string of the molecule is CCC(C)C(N)CS(=O)(=O)N1CC(C)CC(C)C1. The van der Waals surface area contributed by atoms with Crippen LogP contribution in [0.2, 0.25) is 0 Å². The van der Waals surface area contributed by atoms with Gasteiger partial charge >= 0.3 is 0 Å². The molecule has 4 nitrogen and oxygen atoms in total. The summed E-state index contributed by atoms with van der Waals surface area (Å²) in [6, 6.07) is -0.257. The molecule has 1 aliphatic heterocycles. The van der Waals surface area contributed by atoms with Crippen molar-refractivity contribution in [3.8, 4) is 0 Å². The fourth-order valence-corrected chi connectivity index (χ4v) is 4.64. The molecule has 0 aromatic rings. The number of piperidine rings is 1. The van der Waals surface area contributed by atoms with E-state index in [4.69, 9.17) is 5.73 Å². The van der Waals surface area contributed by atoms with Gasteiger partial charge in [-0.05, 0) is 24.2 Å². The normalized spacial score (nSPS) is 30.1. The number of hydrogen-bond donors (Lipinski definition) is 1. The Bertz CT molecular complexity index is 346. The quantitative estimate of drug-likeness (QED) is 0.831. The third-order valence-electron chi connectivity index (χ3n) is 4.01. The molecule has 0 aromatic heterocycles. The lowest BCUT2D eigenvalue weighted by atomic mass is 9.94. The molecule has 0 amide bonds. The second-order valence-electron chi connectivity index (χ2n) is 6.09. The van der Waals surface area contributed by atoms with Gasteiger partial charge in [0.25, 0.3) is 0 Å². The van der Waals surface area contributed by atoms with Gasteiger partial charge in [0.05, 0.1) is 5.75 Å². The first-order chi connectivity index (χ1) is 8.26. The van der Waals surface area contributed by atoms with Crippen LogP contribution in [0.4, 0.5) is 0 Å². The summed E-state index contributed by atoms with van der Waals surface area (Å²) >= 11 is 0. The van der Waals surface area contributed by atoms with Gasteiger partial charge in [-0.15, -0.1) is 0 Å². The van der Waals surface area contributed by atoms with Crippen molar-refractivity contribution < 1.29 is 8.42 Å². The van der Waals surface area contributed by atoms with Crippen LogP contribution in [0.1, 0.15) is 40.5 Å². The smallest absolute Gasteiger partial charge is 0.215 e. The highest BCUT2D eigenvalue weighted by atomic mass is 32.2. The van der Waals surface area contributed by atoms with Crippen molar-refractivity contribution >= 4 is 10.0 Å². The number of hydrogen-bond acceptors (Lipinski definition) is 3. The molecule has 0 aromatic carbocycles. The predicted octanol–water partition coefficient (Wildman–Crippen LogP) is 1.67. The third-order valence-corrected chi connectivity index (χ3v) is 5.90. The highest BCUT2D eigenvalue weighted by Gasteiger charge is 2.32. The predicted molar refractivity (Wildman–Crippen MR) is 75.7 cm³/mol. The molecule has 5 heteroatoms.